The Morgan fingerprint density at radius 3 is 2.76 bits per heavy atom. The zero-order valence-corrected chi connectivity index (χ0v) is 12.7. The van der Waals surface area contributed by atoms with E-state index in [0.29, 0.717) is 5.75 Å². The van der Waals surface area contributed by atoms with Crippen molar-refractivity contribution in [2.24, 2.45) is 0 Å². The molecule has 0 aliphatic rings. The molecule has 0 N–H and O–H groups in total. The smallest absolute Gasteiger partial charge is 0.315 e. The second-order valence-corrected chi connectivity index (χ2v) is 5.22. The highest BCUT2D eigenvalue weighted by Crippen LogP contribution is 2.26. The lowest BCUT2D eigenvalue weighted by molar-refractivity contribution is -0.137. The maximum Gasteiger partial charge on any atom is 0.315 e. The van der Waals surface area contributed by atoms with Crippen LogP contribution in [0, 0.1) is 0 Å². The SMILES string of the molecule is CCc1nn(CC)c(CSCC(=O)OC)c1Br. The summed E-state index contributed by atoms with van der Waals surface area (Å²) in [6.45, 7) is 4.98. The lowest BCUT2D eigenvalue weighted by atomic mass is 10.3. The minimum absolute atomic E-state index is 0.190. The van der Waals surface area contributed by atoms with Crippen LogP contribution in [0.1, 0.15) is 25.2 Å². The van der Waals surface area contributed by atoms with E-state index in [1.54, 1.807) is 11.8 Å². The molecule has 0 aliphatic heterocycles. The highest BCUT2D eigenvalue weighted by atomic mass is 79.9. The molecule has 6 heteroatoms. The summed E-state index contributed by atoms with van der Waals surface area (Å²) < 4.78 is 7.66. The summed E-state index contributed by atoms with van der Waals surface area (Å²) in [5, 5.41) is 4.50. The fourth-order valence-corrected chi connectivity index (χ4v) is 3.21. The van der Waals surface area contributed by atoms with E-state index in [-0.39, 0.29) is 5.97 Å². The molecule has 0 fully saturated rings. The van der Waals surface area contributed by atoms with Crippen LogP contribution < -0.4 is 0 Å². The number of aromatic nitrogens is 2. The quantitative estimate of drug-likeness (QED) is 0.756. The molecule has 0 aromatic carbocycles. The van der Waals surface area contributed by atoms with Gasteiger partial charge in [-0.1, -0.05) is 6.92 Å². The highest BCUT2D eigenvalue weighted by molar-refractivity contribution is 9.10. The number of carbonyl (C=O) groups excluding carboxylic acids is 1. The van der Waals surface area contributed by atoms with E-state index < -0.39 is 0 Å². The van der Waals surface area contributed by atoms with Crippen molar-refractivity contribution in [2.45, 2.75) is 32.6 Å². The number of halogens is 1. The van der Waals surface area contributed by atoms with E-state index in [2.05, 4.69) is 39.6 Å². The van der Waals surface area contributed by atoms with E-state index in [1.807, 2.05) is 4.68 Å². The van der Waals surface area contributed by atoms with Crippen LogP contribution in [0.4, 0.5) is 0 Å². The molecule has 0 radical (unpaired) electrons. The van der Waals surface area contributed by atoms with Crippen molar-refractivity contribution in [2.75, 3.05) is 12.9 Å². The Kier molecular flexibility index (Phi) is 6.05. The predicted octanol–water partition coefficient (Wildman–Crippen LogP) is 2.63. The lowest BCUT2D eigenvalue weighted by Gasteiger charge is -2.04. The van der Waals surface area contributed by atoms with Gasteiger partial charge in [0.05, 0.1) is 28.7 Å². The van der Waals surface area contributed by atoms with Gasteiger partial charge in [-0.15, -0.1) is 11.8 Å². The van der Waals surface area contributed by atoms with Crippen LogP contribution >= 0.6 is 27.7 Å². The van der Waals surface area contributed by atoms with Crippen LogP contribution in [0.2, 0.25) is 0 Å². The molecule has 0 aliphatic carbocycles. The highest BCUT2D eigenvalue weighted by Gasteiger charge is 2.14. The minimum Gasteiger partial charge on any atom is -0.468 e. The first-order valence-electron chi connectivity index (χ1n) is 5.52. The minimum atomic E-state index is -0.190. The monoisotopic (exact) mass is 320 g/mol. The second kappa shape index (κ2) is 7.06. The van der Waals surface area contributed by atoms with E-state index in [4.69, 9.17) is 0 Å². The van der Waals surface area contributed by atoms with Gasteiger partial charge >= 0.3 is 5.97 Å². The van der Waals surface area contributed by atoms with E-state index >= 15 is 0 Å². The number of methoxy groups -OCH3 is 1. The Labute approximate surface area is 114 Å². The predicted molar refractivity (Wildman–Crippen MR) is 73.2 cm³/mol. The Hall–Kier alpha value is -0.490. The first kappa shape index (κ1) is 14.6. The van der Waals surface area contributed by atoms with Crippen molar-refractivity contribution in [1.82, 2.24) is 9.78 Å². The van der Waals surface area contributed by atoms with Gasteiger partial charge in [0.2, 0.25) is 0 Å². The van der Waals surface area contributed by atoms with Gasteiger partial charge in [-0.3, -0.25) is 9.48 Å². The van der Waals surface area contributed by atoms with Crippen LogP contribution in [0.5, 0.6) is 0 Å². The molecular weight excluding hydrogens is 304 g/mol. The second-order valence-electron chi connectivity index (χ2n) is 3.45. The largest absolute Gasteiger partial charge is 0.468 e. The third-order valence-electron chi connectivity index (χ3n) is 2.38. The van der Waals surface area contributed by atoms with Gasteiger partial charge in [0.25, 0.3) is 0 Å². The van der Waals surface area contributed by atoms with Crippen LogP contribution in [0.25, 0.3) is 0 Å². The summed E-state index contributed by atoms with van der Waals surface area (Å²) in [4.78, 5) is 11.0. The van der Waals surface area contributed by atoms with Crippen LogP contribution in [0.15, 0.2) is 4.47 Å². The summed E-state index contributed by atoms with van der Waals surface area (Å²) in [5.41, 5.74) is 2.21. The topological polar surface area (TPSA) is 44.1 Å². The maximum absolute atomic E-state index is 11.0. The fraction of sp³-hybridized carbons (Fsp3) is 0.636. The van der Waals surface area contributed by atoms with Gasteiger partial charge in [0.1, 0.15) is 0 Å². The fourth-order valence-electron chi connectivity index (χ4n) is 1.45. The van der Waals surface area contributed by atoms with Crippen molar-refractivity contribution in [3.8, 4) is 0 Å². The number of hydrogen-bond acceptors (Lipinski definition) is 4. The number of aryl methyl sites for hydroxylation is 2. The van der Waals surface area contributed by atoms with Crippen molar-refractivity contribution in [3.05, 3.63) is 15.9 Å². The first-order valence-corrected chi connectivity index (χ1v) is 7.47. The van der Waals surface area contributed by atoms with Crippen LogP contribution in [0.3, 0.4) is 0 Å². The molecule has 0 spiro atoms. The molecule has 0 amide bonds. The summed E-state index contributed by atoms with van der Waals surface area (Å²) >= 11 is 5.12. The molecule has 1 aromatic rings. The zero-order valence-electron chi connectivity index (χ0n) is 10.3. The molecule has 17 heavy (non-hydrogen) atoms. The van der Waals surface area contributed by atoms with Crippen LogP contribution in [-0.4, -0.2) is 28.6 Å². The first-order chi connectivity index (χ1) is 8.13. The van der Waals surface area contributed by atoms with Gasteiger partial charge in [-0.2, -0.15) is 5.10 Å². The molecule has 96 valence electrons. The zero-order chi connectivity index (χ0) is 12.8. The Bertz CT molecular complexity index is 393. The van der Waals surface area contributed by atoms with E-state index in [1.165, 1.54) is 7.11 Å². The molecule has 0 atom stereocenters. The van der Waals surface area contributed by atoms with Gasteiger partial charge in [-0.25, -0.2) is 0 Å². The Morgan fingerprint density at radius 2 is 2.24 bits per heavy atom. The molecule has 0 saturated carbocycles. The molecule has 1 heterocycles. The maximum atomic E-state index is 11.0. The number of esters is 1. The third-order valence-corrected chi connectivity index (χ3v) is 4.21. The molecule has 0 saturated heterocycles. The number of ether oxygens (including phenoxy) is 1. The Balaban J connectivity index is 2.69. The van der Waals surface area contributed by atoms with Gasteiger partial charge in [0.15, 0.2) is 0 Å². The van der Waals surface area contributed by atoms with Crippen molar-refractivity contribution in [1.29, 1.82) is 0 Å². The molecule has 0 unspecified atom stereocenters. The molecular formula is C11H17BrN2O2S. The number of carbonyl (C=O) groups is 1. The number of hydrogen-bond donors (Lipinski definition) is 0. The summed E-state index contributed by atoms with van der Waals surface area (Å²) in [5.74, 6) is 0.944. The average molecular weight is 321 g/mol. The normalized spacial score (nSPS) is 10.6. The average Bonchev–Trinajstić information content (AvgIpc) is 2.65. The molecule has 0 bridgehead atoms. The van der Waals surface area contributed by atoms with Crippen molar-refractivity contribution < 1.29 is 9.53 Å². The van der Waals surface area contributed by atoms with Gasteiger partial charge in [0, 0.05) is 12.3 Å². The third kappa shape index (κ3) is 3.74. The van der Waals surface area contributed by atoms with Crippen molar-refractivity contribution >= 4 is 33.7 Å². The number of nitrogens with zero attached hydrogens (tertiary/aromatic N) is 2. The van der Waals surface area contributed by atoms with E-state index in [9.17, 15) is 4.79 Å². The Morgan fingerprint density at radius 1 is 1.53 bits per heavy atom. The van der Waals surface area contributed by atoms with Gasteiger partial charge in [-0.05, 0) is 29.3 Å². The van der Waals surface area contributed by atoms with Crippen molar-refractivity contribution in [3.63, 3.8) is 0 Å². The summed E-state index contributed by atoms with van der Waals surface area (Å²) in [7, 11) is 1.41. The summed E-state index contributed by atoms with van der Waals surface area (Å²) in [6.07, 6.45) is 0.905. The van der Waals surface area contributed by atoms with Crippen LogP contribution in [-0.2, 0) is 28.2 Å². The standard InChI is InChI=1S/C11H17BrN2O2S/c1-4-8-11(12)9(14(5-2)13-8)6-17-7-10(15)16-3/h4-7H2,1-3H3. The number of rotatable bonds is 6. The molecule has 1 rings (SSSR count). The molecule has 1 aromatic heterocycles. The van der Waals surface area contributed by atoms with E-state index in [0.717, 1.165) is 34.6 Å². The summed E-state index contributed by atoms with van der Waals surface area (Å²) in [6, 6.07) is 0. The molecule has 4 nitrogen and oxygen atoms in total. The lowest BCUT2D eigenvalue weighted by Crippen LogP contribution is -2.06. The van der Waals surface area contributed by atoms with Gasteiger partial charge < -0.3 is 4.74 Å². The number of thioether (sulfide) groups is 1.